The van der Waals surface area contributed by atoms with Crippen molar-refractivity contribution < 1.29 is 90.0 Å². The van der Waals surface area contributed by atoms with Crippen molar-refractivity contribution in [2.75, 3.05) is 0 Å². The van der Waals surface area contributed by atoms with Gasteiger partial charge in [0.2, 0.25) is 5.78 Å². The summed E-state index contributed by atoms with van der Waals surface area (Å²) in [5.41, 5.74) is 3.40. The van der Waals surface area contributed by atoms with Gasteiger partial charge in [-0.2, -0.15) is 0 Å². The van der Waals surface area contributed by atoms with Crippen molar-refractivity contribution in [1.29, 1.82) is 0 Å². The first-order chi connectivity index (χ1) is 16.8. The van der Waals surface area contributed by atoms with E-state index >= 15 is 0 Å². The Hall–Kier alpha value is -3.06. The zero-order valence-corrected chi connectivity index (χ0v) is 21.8. The van der Waals surface area contributed by atoms with Crippen LogP contribution < -0.4 is 37.3 Å². The van der Waals surface area contributed by atoms with E-state index < -0.39 is 20.5 Å². The molecule has 0 aliphatic rings. The molecule has 0 radical (unpaired) electrons. The molecule has 0 aliphatic heterocycles. The molecule has 0 atom stereocenters. The molecule has 15 nitrogen and oxygen atoms in total. The van der Waals surface area contributed by atoms with Crippen molar-refractivity contribution in [2.45, 2.75) is 0 Å². The second-order valence-corrected chi connectivity index (χ2v) is 7.84. The van der Waals surface area contributed by atoms with Crippen LogP contribution in [0.1, 0.15) is 16.2 Å². The van der Waals surface area contributed by atoms with Gasteiger partial charge in [0.15, 0.2) is 0 Å². The molecule has 0 saturated heterocycles. The van der Waals surface area contributed by atoms with Gasteiger partial charge in [0, 0.05) is 12.4 Å². The van der Waals surface area contributed by atoms with E-state index in [0.717, 1.165) is 11.4 Å². The zero-order valence-electron chi connectivity index (χ0n) is 19.3. The molecule has 4 rings (SSSR count). The summed E-state index contributed by atoms with van der Waals surface area (Å²) in [6.45, 7) is 0. The van der Waals surface area contributed by atoms with Crippen LogP contribution in [-0.4, -0.2) is 25.7 Å². The number of halogens is 2. The standard InChI is InChI=1S/C21H14N4O.2ClHO4.Ni.2H2O/c26-21(19-11-5-9-17(24-19)15-7-1-3-13-22-15)20-12-6-10-18(25-20)16-8-2-4-14-23-16;2*2-1(3,4)5;;;/h1-14H;2*(H,2,3,4,5);;2*1H2/q;;;+2;;. The molecule has 0 amide bonds. The Morgan fingerprint density at radius 1 is 0.513 bits per heavy atom. The predicted molar refractivity (Wildman–Crippen MR) is 108 cm³/mol. The summed E-state index contributed by atoms with van der Waals surface area (Å²) < 4.78 is 67.9. The Morgan fingerprint density at radius 3 is 1.10 bits per heavy atom. The Bertz CT molecular complexity index is 1160. The number of hydrogen-bond donors (Lipinski definition) is 0. The van der Waals surface area contributed by atoms with Gasteiger partial charge >= 0.3 is 16.5 Å². The Morgan fingerprint density at radius 2 is 0.821 bits per heavy atom. The van der Waals surface area contributed by atoms with E-state index in [4.69, 9.17) is 37.3 Å². The van der Waals surface area contributed by atoms with Crippen molar-refractivity contribution in [3.63, 3.8) is 0 Å². The van der Waals surface area contributed by atoms with E-state index in [1.807, 2.05) is 48.5 Å². The van der Waals surface area contributed by atoms with Gasteiger partial charge in [0.1, 0.15) is 11.4 Å². The number of rotatable bonds is 4. The maximum absolute atomic E-state index is 12.8. The van der Waals surface area contributed by atoms with Crippen molar-refractivity contribution in [2.24, 2.45) is 0 Å². The van der Waals surface area contributed by atoms with Gasteiger partial charge in [-0.25, -0.2) is 47.2 Å². The van der Waals surface area contributed by atoms with E-state index in [-0.39, 0.29) is 33.2 Å². The third-order valence-electron chi connectivity index (χ3n) is 3.82. The molecular formula is C21H20Cl2N4NiO11+2. The quantitative estimate of drug-likeness (QED) is 0.115. The van der Waals surface area contributed by atoms with Crippen LogP contribution in [0.5, 0.6) is 0 Å². The van der Waals surface area contributed by atoms with Crippen molar-refractivity contribution in [1.82, 2.24) is 19.9 Å². The first-order valence-corrected chi connectivity index (χ1v) is 11.8. The second kappa shape index (κ2) is 17.5. The fraction of sp³-hybridized carbons (Fsp3) is 0. The Labute approximate surface area is 234 Å². The summed E-state index contributed by atoms with van der Waals surface area (Å²) in [6.07, 6.45) is 3.40. The summed E-state index contributed by atoms with van der Waals surface area (Å²) in [5, 5.41) is 0. The predicted octanol–water partition coefficient (Wildman–Crippen LogP) is -7.53. The molecule has 0 bridgehead atoms. The monoisotopic (exact) mass is 632 g/mol. The summed E-state index contributed by atoms with van der Waals surface area (Å²) in [6, 6.07) is 21.8. The smallest absolute Gasteiger partial charge is 0.457 e. The average Bonchev–Trinajstić information content (AvgIpc) is 2.83. The Balaban J connectivity index is 0. The fourth-order valence-electron chi connectivity index (χ4n) is 2.57. The van der Waals surface area contributed by atoms with Crippen molar-refractivity contribution in [3.8, 4) is 22.8 Å². The third-order valence-corrected chi connectivity index (χ3v) is 3.82. The minimum Gasteiger partial charge on any atom is -0.457 e. The maximum Gasteiger partial charge on any atom is 2.00 e. The number of pyridine rings is 4. The second-order valence-electron chi connectivity index (χ2n) is 6.33. The van der Waals surface area contributed by atoms with Gasteiger partial charge in [-0.3, -0.25) is 14.8 Å². The van der Waals surface area contributed by atoms with E-state index in [0.29, 0.717) is 22.8 Å². The van der Waals surface area contributed by atoms with E-state index in [1.54, 1.807) is 36.7 Å². The number of hydrogen-bond acceptors (Lipinski definition) is 13. The molecule has 0 aromatic carbocycles. The molecule has 0 spiro atoms. The minimum atomic E-state index is -4.94. The topological polar surface area (TPSA) is 319 Å². The molecule has 0 unspecified atom stereocenters. The molecule has 18 heteroatoms. The molecule has 212 valence electrons. The van der Waals surface area contributed by atoms with E-state index in [1.165, 1.54) is 0 Å². The summed E-state index contributed by atoms with van der Waals surface area (Å²) in [4.78, 5) is 30.3. The number of aromatic nitrogens is 4. The summed E-state index contributed by atoms with van der Waals surface area (Å²) in [7, 11) is -9.89. The first kappa shape index (κ1) is 38.1. The SMILES string of the molecule is O=C(c1cccc(-c2ccccn2)n1)c1cccc(-c2ccccn2)n1.[Ni+2].[O-][Cl+3]([O-])([O-])[O-].[O-][Cl+3]([O-])([O-])[O-].[OH3+].[OH3+]. The van der Waals surface area contributed by atoms with Gasteiger partial charge in [0.25, 0.3) is 0 Å². The van der Waals surface area contributed by atoms with Crippen LogP contribution in [0, 0.1) is 20.5 Å². The molecule has 39 heavy (non-hydrogen) atoms. The zero-order chi connectivity index (χ0) is 26.8. The van der Waals surface area contributed by atoms with Gasteiger partial charge in [0.05, 0.1) is 22.8 Å². The van der Waals surface area contributed by atoms with Gasteiger partial charge < -0.3 is 11.0 Å². The van der Waals surface area contributed by atoms with Crippen LogP contribution >= 0.6 is 0 Å². The minimum absolute atomic E-state index is 0. The third kappa shape index (κ3) is 15.8. The van der Waals surface area contributed by atoms with Gasteiger partial charge in [-0.15, -0.1) is 20.5 Å². The summed E-state index contributed by atoms with van der Waals surface area (Å²) in [5.74, 6) is -0.236. The van der Waals surface area contributed by atoms with E-state index in [9.17, 15) is 4.79 Å². The van der Waals surface area contributed by atoms with Crippen LogP contribution in [-0.2, 0) is 27.4 Å². The molecule has 4 heterocycles. The van der Waals surface area contributed by atoms with Crippen LogP contribution in [0.4, 0.5) is 0 Å². The maximum atomic E-state index is 12.8. The molecular weight excluding hydrogens is 614 g/mol. The number of nitrogens with zero attached hydrogens (tertiary/aromatic N) is 4. The molecule has 0 fully saturated rings. The molecule has 0 aliphatic carbocycles. The first-order valence-electron chi connectivity index (χ1n) is 9.36. The van der Waals surface area contributed by atoms with Gasteiger partial charge in [-0.05, 0) is 48.5 Å². The van der Waals surface area contributed by atoms with E-state index in [2.05, 4.69) is 19.9 Å². The normalized spacial score (nSPS) is 10.1. The molecule has 4 aromatic heterocycles. The molecule has 4 aromatic rings. The van der Waals surface area contributed by atoms with Crippen LogP contribution in [0.3, 0.4) is 0 Å². The summed E-state index contributed by atoms with van der Waals surface area (Å²) >= 11 is 0. The largest absolute Gasteiger partial charge is 2.00 e. The number of ketones is 1. The Kier molecular flexibility index (Phi) is 17.1. The van der Waals surface area contributed by atoms with Crippen molar-refractivity contribution in [3.05, 3.63) is 96.6 Å². The average molecular weight is 634 g/mol. The van der Waals surface area contributed by atoms with Crippen LogP contribution in [0.25, 0.3) is 22.8 Å². The van der Waals surface area contributed by atoms with Crippen LogP contribution in [0.15, 0.2) is 85.2 Å². The molecule has 0 saturated carbocycles. The van der Waals surface area contributed by atoms with Crippen molar-refractivity contribution >= 4 is 5.78 Å². The van der Waals surface area contributed by atoms with Crippen LogP contribution in [0.2, 0.25) is 0 Å². The fourth-order valence-corrected chi connectivity index (χ4v) is 2.57. The number of carbonyl (C=O) groups is 1. The van der Waals surface area contributed by atoms with Gasteiger partial charge in [-0.1, -0.05) is 24.3 Å². The molecule has 6 N–H and O–H groups in total. The number of carbonyl (C=O) groups excluding carboxylic acids is 1.